The topological polar surface area (TPSA) is 116 Å². The van der Waals surface area contributed by atoms with Gasteiger partial charge in [-0.25, -0.2) is 0 Å². The average Bonchev–Trinajstić information content (AvgIpc) is 2.53. The SMILES string of the molecule is CO[C@@H]1[C@H]2OCOC(N)[C@H]2O[C@H](C[C@@H](COC(C)=O)OC(C)=O)C1(C)C. The molecule has 1 unspecified atom stereocenters. The largest absolute Gasteiger partial charge is 0.462 e. The minimum absolute atomic E-state index is 0.0460. The lowest BCUT2D eigenvalue weighted by atomic mass is 9.72. The van der Waals surface area contributed by atoms with Gasteiger partial charge in [0.15, 0.2) is 0 Å². The normalized spacial score (nSPS) is 34.5. The van der Waals surface area contributed by atoms with Crippen LogP contribution in [-0.4, -0.2) is 69.2 Å². The van der Waals surface area contributed by atoms with E-state index in [2.05, 4.69) is 0 Å². The van der Waals surface area contributed by atoms with Crippen molar-refractivity contribution in [1.29, 1.82) is 0 Å². The van der Waals surface area contributed by atoms with E-state index in [4.69, 9.17) is 34.2 Å². The molecule has 2 saturated heterocycles. The number of esters is 2. The van der Waals surface area contributed by atoms with Gasteiger partial charge in [-0.15, -0.1) is 0 Å². The second-order valence-corrected chi connectivity index (χ2v) is 7.22. The van der Waals surface area contributed by atoms with E-state index in [0.29, 0.717) is 6.42 Å². The zero-order chi connectivity index (χ0) is 19.5. The molecule has 0 radical (unpaired) electrons. The molecule has 6 atom stereocenters. The highest BCUT2D eigenvalue weighted by Gasteiger charge is 2.55. The lowest BCUT2D eigenvalue weighted by Crippen LogP contribution is -2.67. The molecular weight excluding hydrogens is 346 g/mol. The fourth-order valence-corrected chi connectivity index (χ4v) is 3.59. The number of carbonyl (C=O) groups is 2. The molecule has 26 heavy (non-hydrogen) atoms. The third kappa shape index (κ3) is 4.72. The molecule has 0 spiro atoms. The Kier molecular flexibility index (Phi) is 6.98. The molecule has 0 bridgehead atoms. The first-order valence-corrected chi connectivity index (χ1v) is 8.64. The molecule has 0 aliphatic carbocycles. The van der Waals surface area contributed by atoms with Gasteiger partial charge in [0.2, 0.25) is 0 Å². The first-order chi connectivity index (χ1) is 12.2. The van der Waals surface area contributed by atoms with Gasteiger partial charge in [-0.3, -0.25) is 9.59 Å². The zero-order valence-corrected chi connectivity index (χ0v) is 15.9. The molecule has 0 saturated carbocycles. The fraction of sp³-hybridized carbons (Fsp3) is 0.882. The van der Waals surface area contributed by atoms with Crippen molar-refractivity contribution in [3.63, 3.8) is 0 Å². The second-order valence-electron chi connectivity index (χ2n) is 7.22. The number of fused-ring (bicyclic) bond motifs is 1. The van der Waals surface area contributed by atoms with Crippen LogP contribution in [-0.2, 0) is 38.0 Å². The fourth-order valence-electron chi connectivity index (χ4n) is 3.59. The Morgan fingerprint density at radius 3 is 2.46 bits per heavy atom. The van der Waals surface area contributed by atoms with Crippen molar-refractivity contribution in [3.8, 4) is 0 Å². The number of ether oxygens (including phenoxy) is 6. The second kappa shape index (κ2) is 8.62. The minimum Gasteiger partial charge on any atom is -0.462 e. The molecule has 0 aromatic rings. The van der Waals surface area contributed by atoms with Gasteiger partial charge in [0.05, 0.1) is 12.2 Å². The molecule has 2 heterocycles. The number of hydrogen-bond acceptors (Lipinski definition) is 9. The monoisotopic (exact) mass is 375 g/mol. The summed E-state index contributed by atoms with van der Waals surface area (Å²) < 4.78 is 33.2. The predicted molar refractivity (Wildman–Crippen MR) is 88.8 cm³/mol. The van der Waals surface area contributed by atoms with E-state index in [1.807, 2.05) is 13.8 Å². The summed E-state index contributed by atoms with van der Waals surface area (Å²) in [6.45, 7) is 6.62. The first kappa shape index (κ1) is 21.0. The van der Waals surface area contributed by atoms with Crippen LogP contribution in [0.3, 0.4) is 0 Å². The number of methoxy groups -OCH3 is 1. The summed E-state index contributed by atoms with van der Waals surface area (Å²) in [7, 11) is 1.61. The van der Waals surface area contributed by atoms with Gasteiger partial charge in [-0.1, -0.05) is 13.8 Å². The number of nitrogens with two attached hydrogens (primary N) is 1. The molecule has 9 heteroatoms. The molecule has 0 amide bonds. The molecule has 2 aliphatic rings. The summed E-state index contributed by atoms with van der Waals surface area (Å²) in [5, 5.41) is 0. The Labute approximate surface area is 153 Å². The van der Waals surface area contributed by atoms with Crippen LogP contribution in [0.15, 0.2) is 0 Å². The Hall–Kier alpha value is -1.26. The number of rotatable bonds is 6. The van der Waals surface area contributed by atoms with Crippen LogP contribution in [0, 0.1) is 5.41 Å². The molecule has 2 rings (SSSR count). The Balaban J connectivity index is 2.18. The minimum atomic E-state index is -0.648. The van der Waals surface area contributed by atoms with E-state index in [-0.39, 0.29) is 31.7 Å². The Morgan fingerprint density at radius 2 is 1.88 bits per heavy atom. The van der Waals surface area contributed by atoms with E-state index in [1.54, 1.807) is 7.11 Å². The van der Waals surface area contributed by atoms with Gasteiger partial charge in [-0.05, 0) is 0 Å². The molecule has 0 aromatic carbocycles. The van der Waals surface area contributed by atoms with Crippen LogP contribution in [0.5, 0.6) is 0 Å². The standard InChI is InChI=1S/C17H29NO8/c1-9(19)22-7-11(25-10(2)20)6-12-17(3,4)15(21-5)13-14(26-12)16(18)24-8-23-13/h11-16H,6-8,18H2,1-5H3/t11-,12+,13-,14-,15+,16?/m0/s1. The molecule has 2 fully saturated rings. The zero-order valence-electron chi connectivity index (χ0n) is 15.9. The lowest BCUT2D eigenvalue weighted by molar-refractivity contribution is -0.327. The van der Waals surface area contributed by atoms with Crippen LogP contribution in [0.1, 0.15) is 34.1 Å². The lowest BCUT2D eigenvalue weighted by Gasteiger charge is -2.53. The van der Waals surface area contributed by atoms with E-state index in [0.717, 1.165) is 0 Å². The quantitative estimate of drug-likeness (QED) is 0.656. The maximum absolute atomic E-state index is 11.4. The smallest absolute Gasteiger partial charge is 0.303 e. The molecule has 0 aromatic heterocycles. The highest BCUT2D eigenvalue weighted by molar-refractivity contribution is 5.67. The van der Waals surface area contributed by atoms with Gasteiger partial charge >= 0.3 is 11.9 Å². The van der Waals surface area contributed by atoms with Gasteiger partial charge in [0.25, 0.3) is 0 Å². The van der Waals surface area contributed by atoms with Crippen molar-refractivity contribution < 1.29 is 38.0 Å². The van der Waals surface area contributed by atoms with Crippen LogP contribution in [0.25, 0.3) is 0 Å². The summed E-state index contributed by atoms with van der Waals surface area (Å²) in [6, 6.07) is 0. The molecule has 150 valence electrons. The Bertz CT molecular complexity index is 511. The van der Waals surface area contributed by atoms with Gasteiger partial charge in [0.1, 0.15) is 37.9 Å². The van der Waals surface area contributed by atoms with Crippen molar-refractivity contribution in [2.75, 3.05) is 20.5 Å². The van der Waals surface area contributed by atoms with Crippen molar-refractivity contribution in [2.45, 2.75) is 70.9 Å². The third-order valence-corrected chi connectivity index (χ3v) is 4.89. The maximum atomic E-state index is 11.4. The summed E-state index contributed by atoms with van der Waals surface area (Å²) >= 11 is 0. The van der Waals surface area contributed by atoms with Crippen LogP contribution in [0.4, 0.5) is 0 Å². The number of carbonyl (C=O) groups excluding carboxylic acids is 2. The van der Waals surface area contributed by atoms with E-state index in [9.17, 15) is 9.59 Å². The van der Waals surface area contributed by atoms with Crippen LogP contribution < -0.4 is 5.73 Å². The van der Waals surface area contributed by atoms with Gasteiger partial charge in [0, 0.05) is 32.8 Å². The van der Waals surface area contributed by atoms with Gasteiger partial charge < -0.3 is 34.2 Å². The third-order valence-electron chi connectivity index (χ3n) is 4.89. The molecular formula is C17H29NO8. The molecule has 2 aliphatic heterocycles. The van der Waals surface area contributed by atoms with Crippen LogP contribution in [0.2, 0.25) is 0 Å². The predicted octanol–water partition coefficient (Wildman–Crippen LogP) is 0.338. The van der Waals surface area contributed by atoms with Crippen molar-refractivity contribution in [3.05, 3.63) is 0 Å². The first-order valence-electron chi connectivity index (χ1n) is 8.64. The Morgan fingerprint density at radius 1 is 1.19 bits per heavy atom. The highest BCUT2D eigenvalue weighted by atomic mass is 16.7. The summed E-state index contributed by atoms with van der Waals surface area (Å²) in [5.41, 5.74) is 5.56. The summed E-state index contributed by atoms with van der Waals surface area (Å²) in [5.74, 6) is -0.908. The highest BCUT2D eigenvalue weighted by Crippen LogP contribution is 2.43. The van der Waals surface area contributed by atoms with E-state index >= 15 is 0 Å². The van der Waals surface area contributed by atoms with Crippen molar-refractivity contribution in [2.24, 2.45) is 11.1 Å². The summed E-state index contributed by atoms with van der Waals surface area (Å²) in [6.07, 6.45) is -2.54. The van der Waals surface area contributed by atoms with E-state index in [1.165, 1.54) is 13.8 Å². The number of hydrogen-bond donors (Lipinski definition) is 1. The average molecular weight is 375 g/mol. The van der Waals surface area contributed by atoms with Crippen molar-refractivity contribution >= 4 is 11.9 Å². The van der Waals surface area contributed by atoms with Gasteiger partial charge in [-0.2, -0.15) is 0 Å². The van der Waals surface area contributed by atoms with Crippen LogP contribution >= 0.6 is 0 Å². The maximum Gasteiger partial charge on any atom is 0.303 e. The molecule has 2 N–H and O–H groups in total. The van der Waals surface area contributed by atoms with Crippen molar-refractivity contribution in [1.82, 2.24) is 0 Å². The molecule has 9 nitrogen and oxygen atoms in total. The summed E-state index contributed by atoms with van der Waals surface area (Å²) in [4.78, 5) is 22.5. The van der Waals surface area contributed by atoms with E-state index < -0.39 is 35.8 Å².